The molecule has 116 valence electrons. The van der Waals surface area contributed by atoms with Gasteiger partial charge in [-0.05, 0) is 31.4 Å². The van der Waals surface area contributed by atoms with E-state index in [1.165, 1.54) is 32.1 Å². The third-order valence-corrected chi connectivity index (χ3v) is 3.95. The summed E-state index contributed by atoms with van der Waals surface area (Å²) in [5.74, 6) is -0.0300. The van der Waals surface area contributed by atoms with Gasteiger partial charge in [-0.1, -0.05) is 31.4 Å². The van der Waals surface area contributed by atoms with Crippen LogP contribution in [-0.4, -0.2) is 32.2 Å². The first-order chi connectivity index (χ1) is 10.3. The summed E-state index contributed by atoms with van der Waals surface area (Å²) in [6.07, 6.45) is 7.64. The zero-order chi connectivity index (χ0) is 14.9. The maximum absolute atomic E-state index is 12.1. The Bertz CT molecular complexity index is 442. The van der Waals surface area contributed by atoms with E-state index in [0.717, 1.165) is 18.7 Å². The predicted molar refractivity (Wildman–Crippen MR) is 85.8 cm³/mol. The second-order valence-corrected chi connectivity index (χ2v) is 5.54. The van der Waals surface area contributed by atoms with E-state index in [1.807, 2.05) is 31.3 Å². The van der Waals surface area contributed by atoms with Gasteiger partial charge in [0.15, 0.2) is 0 Å². The highest BCUT2D eigenvalue weighted by Crippen LogP contribution is 2.20. The van der Waals surface area contributed by atoms with Crippen molar-refractivity contribution in [3.8, 4) is 0 Å². The Labute approximate surface area is 127 Å². The Morgan fingerprint density at radius 2 is 2.00 bits per heavy atom. The molecular weight excluding hydrogens is 264 g/mol. The molecule has 0 bridgehead atoms. The van der Waals surface area contributed by atoms with Gasteiger partial charge < -0.3 is 15.4 Å². The van der Waals surface area contributed by atoms with Gasteiger partial charge in [0.2, 0.25) is 0 Å². The van der Waals surface area contributed by atoms with Crippen LogP contribution in [0.25, 0.3) is 0 Å². The molecular formula is C17H26N2O2. The molecule has 0 aromatic heterocycles. The van der Waals surface area contributed by atoms with Gasteiger partial charge in [-0.2, -0.15) is 0 Å². The number of anilines is 1. The number of hydrogen-bond donors (Lipinski definition) is 2. The maximum Gasteiger partial charge on any atom is 0.253 e. The van der Waals surface area contributed by atoms with Crippen LogP contribution in [-0.2, 0) is 4.74 Å². The summed E-state index contributed by atoms with van der Waals surface area (Å²) in [5.41, 5.74) is 1.54. The molecule has 21 heavy (non-hydrogen) atoms. The molecule has 4 nitrogen and oxygen atoms in total. The van der Waals surface area contributed by atoms with Crippen molar-refractivity contribution in [2.75, 3.05) is 25.5 Å². The molecule has 0 aliphatic heterocycles. The third kappa shape index (κ3) is 5.05. The summed E-state index contributed by atoms with van der Waals surface area (Å²) < 4.78 is 5.85. The SMILES string of the molecule is CNc1ccccc1C(=O)NCCCOC1CCCCC1. The molecule has 0 saturated heterocycles. The zero-order valence-electron chi connectivity index (χ0n) is 12.9. The summed E-state index contributed by atoms with van der Waals surface area (Å²) >= 11 is 0. The molecule has 0 atom stereocenters. The number of benzene rings is 1. The van der Waals surface area contributed by atoms with Crippen LogP contribution in [0.15, 0.2) is 24.3 Å². The van der Waals surface area contributed by atoms with Crippen molar-refractivity contribution in [3.63, 3.8) is 0 Å². The molecule has 2 N–H and O–H groups in total. The summed E-state index contributed by atoms with van der Waals surface area (Å²) in [6, 6.07) is 7.53. The topological polar surface area (TPSA) is 50.4 Å². The largest absolute Gasteiger partial charge is 0.387 e. The van der Waals surface area contributed by atoms with Gasteiger partial charge in [0.25, 0.3) is 5.91 Å². The number of rotatable bonds is 7. The number of amides is 1. The second kappa shape index (κ2) is 8.67. The van der Waals surface area contributed by atoms with Crippen molar-refractivity contribution in [3.05, 3.63) is 29.8 Å². The molecule has 0 spiro atoms. The van der Waals surface area contributed by atoms with Crippen molar-refractivity contribution in [1.82, 2.24) is 5.32 Å². The molecule has 1 aliphatic carbocycles. The monoisotopic (exact) mass is 290 g/mol. The van der Waals surface area contributed by atoms with Gasteiger partial charge >= 0.3 is 0 Å². The van der Waals surface area contributed by atoms with Gasteiger partial charge in [0.05, 0.1) is 11.7 Å². The van der Waals surface area contributed by atoms with E-state index in [-0.39, 0.29) is 5.91 Å². The van der Waals surface area contributed by atoms with Crippen LogP contribution >= 0.6 is 0 Å². The first-order valence-corrected chi connectivity index (χ1v) is 7.98. The van der Waals surface area contributed by atoms with Crippen LogP contribution < -0.4 is 10.6 Å². The average Bonchev–Trinajstić information content (AvgIpc) is 2.55. The van der Waals surface area contributed by atoms with Crippen molar-refractivity contribution in [1.29, 1.82) is 0 Å². The van der Waals surface area contributed by atoms with E-state index in [0.29, 0.717) is 18.2 Å². The minimum atomic E-state index is -0.0300. The molecule has 2 rings (SSSR count). The van der Waals surface area contributed by atoms with Crippen LogP contribution in [0.2, 0.25) is 0 Å². The molecule has 1 amide bonds. The molecule has 0 radical (unpaired) electrons. The van der Waals surface area contributed by atoms with Crippen molar-refractivity contribution in [2.45, 2.75) is 44.6 Å². The first kappa shape index (κ1) is 15.8. The lowest BCUT2D eigenvalue weighted by Gasteiger charge is -2.21. The average molecular weight is 290 g/mol. The standard InChI is InChI=1S/C17H26N2O2/c1-18-16-11-6-5-10-15(16)17(20)19-12-7-13-21-14-8-3-2-4-9-14/h5-6,10-11,14,18H,2-4,7-9,12-13H2,1H3,(H,19,20). The van der Waals surface area contributed by atoms with Gasteiger partial charge in [0, 0.05) is 25.9 Å². The first-order valence-electron chi connectivity index (χ1n) is 7.98. The van der Waals surface area contributed by atoms with Crippen molar-refractivity contribution < 1.29 is 9.53 Å². The van der Waals surface area contributed by atoms with E-state index in [4.69, 9.17) is 4.74 Å². The lowest BCUT2D eigenvalue weighted by Crippen LogP contribution is -2.26. The fourth-order valence-electron chi connectivity index (χ4n) is 2.75. The van der Waals surface area contributed by atoms with Crippen LogP contribution in [0.4, 0.5) is 5.69 Å². The minimum absolute atomic E-state index is 0.0300. The molecule has 1 fully saturated rings. The Morgan fingerprint density at radius 1 is 1.24 bits per heavy atom. The maximum atomic E-state index is 12.1. The van der Waals surface area contributed by atoms with Crippen LogP contribution in [0, 0.1) is 0 Å². The Hall–Kier alpha value is -1.55. The van der Waals surface area contributed by atoms with E-state index in [9.17, 15) is 4.79 Å². The van der Waals surface area contributed by atoms with Gasteiger partial charge in [-0.25, -0.2) is 0 Å². The highest BCUT2D eigenvalue weighted by molar-refractivity contribution is 5.99. The number of carbonyl (C=O) groups excluding carboxylic acids is 1. The fourth-order valence-corrected chi connectivity index (χ4v) is 2.75. The summed E-state index contributed by atoms with van der Waals surface area (Å²) in [4.78, 5) is 12.1. The summed E-state index contributed by atoms with van der Waals surface area (Å²) in [7, 11) is 1.82. The second-order valence-electron chi connectivity index (χ2n) is 5.54. The smallest absolute Gasteiger partial charge is 0.253 e. The van der Waals surface area contributed by atoms with Crippen molar-refractivity contribution >= 4 is 11.6 Å². The van der Waals surface area contributed by atoms with Gasteiger partial charge in [-0.15, -0.1) is 0 Å². The highest BCUT2D eigenvalue weighted by Gasteiger charge is 2.13. The number of carbonyl (C=O) groups is 1. The van der Waals surface area contributed by atoms with Crippen molar-refractivity contribution in [2.24, 2.45) is 0 Å². The normalized spacial score (nSPS) is 15.7. The van der Waals surface area contributed by atoms with E-state index >= 15 is 0 Å². The number of para-hydroxylation sites is 1. The fraction of sp³-hybridized carbons (Fsp3) is 0.588. The molecule has 1 aliphatic rings. The molecule has 1 aromatic carbocycles. The summed E-state index contributed by atoms with van der Waals surface area (Å²) in [6.45, 7) is 1.39. The molecule has 1 saturated carbocycles. The third-order valence-electron chi connectivity index (χ3n) is 3.95. The predicted octanol–water partition coefficient (Wildman–Crippen LogP) is 3.20. The Kier molecular flexibility index (Phi) is 6.54. The van der Waals surface area contributed by atoms with Gasteiger partial charge in [0.1, 0.15) is 0 Å². The van der Waals surface area contributed by atoms with E-state index in [2.05, 4.69) is 10.6 Å². The Morgan fingerprint density at radius 3 is 2.76 bits per heavy atom. The quantitative estimate of drug-likeness (QED) is 0.758. The minimum Gasteiger partial charge on any atom is -0.387 e. The zero-order valence-corrected chi connectivity index (χ0v) is 12.9. The van der Waals surface area contributed by atoms with Gasteiger partial charge in [-0.3, -0.25) is 4.79 Å². The number of nitrogens with one attached hydrogen (secondary N) is 2. The molecule has 4 heteroatoms. The molecule has 1 aromatic rings. The van der Waals surface area contributed by atoms with E-state index < -0.39 is 0 Å². The van der Waals surface area contributed by atoms with Crippen LogP contribution in [0.1, 0.15) is 48.9 Å². The lowest BCUT2D eigenvalue weighted by molar-refractivity contribution is 0.0273. The number of hydrogen-bond acceptors (Lipinski definition) is 3. The number of ether oxygens (including phenoxy) is 1. The lowest BCUT2D eigenvalue weighted by atomic mass is 9.98. The summed E-state index contributed by atoms with van der Waals surface area (Å²) in [5, 5.41) is 5.99. The molecule has 0 heterocycles. The Balaban J connectivity index is 1.65. The van der Waals surface area contributed by atoms with Crippen LogP contribution in [0.5, 0.6) is 0 Å². The van der Waals surface area contributed by atoms with Crippen LogP contribution in [0.3, 0.4) is 0 Å². The molecule has 0 unspecified atom stereocenters. The van der Waals surface area contributed by atoms with E-state index in [1.54, 1.807) is 0 Å². The highest BCUT2D eigenvalue weighted by atomic mass is 16.5.